The van der Waals surface area contributed by atoms with Gasteiger partial charge in [0.05, 0.1) is 11.1 Å². The van der Waals surface area contributed by atoms with Gasteiger partial charge in [0, 0.05) is 13.1 Å². The van der Waals surface area contributed by atoms with Crippen LogP contribution in [0.15, 0.2) is 24.3 Å². The van der Waals surface area contributed by atoms with Crippen LogP contribution in [-0.2, 0) is 9.47 Å². The lowest BCUT2D eigenvalue weighted by Gasteiger charge is -2.16. The van der Waals surface area contributed by atoms with Gasteiger partial charge in [-0.15, -0.1) is 0 Å². The van der Waals surface area contributed by atoms with Crippen molar-refractivity contribution in [2.75, 3.05) is 53.5 Å². The van der Waals surface area contributed by atoms with Crippen LogP contribution in [0.1, 0.15) is 112 Å². The number of benzene rings is 1. The minimum absolute atomic E-state index is 0.362. The number of likely N-dealkylation sites (N-methyl/N-ethyl adjacent to an activating group) is 2. The average Bonchev–Trinajstić information content (AvgIpc) is 2.88. The Morgan fingerprint density at radius 2 is 0.889 bits per heavy atom. The van der Waals surface area contributed by atoms with Gasteiger partial charge in [-0.05, 0) is 64.3 Å². The van der Waals surface area contributed by atoms with Gasteiger partial charge in [0.1, 0.15) is 13.2 Å². The first kappa shape index (κ1) is 32.1. The molecule has 0 saturated heterocycles. The molecular weight excluding hydrogens is 452 g/mol. The van der Waals surface area contributed by atoms with Gasteiger partial charge in [-0.2, -0.15) is 0 Å². The van der Waals surface area contributed by atoms with Gasteiger partial charge in [-0.3, -0.25) is 0 Å². The van der Waals surface area contributed by atoms with Gasteiger partial charge in [0.15, 0.2) is 0 Å². The standard InChI is InChI=1S/C30H52N2O4/c1-5-7-9-11-13-15-21-31(3)23-25-35-29(33)27-17-19-28(20-18-27)30(34)36-26-24-32(4)22-16-14-12-10-8-6-2/h17-20H,5-16,21-26H2,1-4H3. The quantitative estimate of drug-likeness (QED) is 0.131. The summed E-state index contributed by atoms with van der Waals surface area (Å²) in [7, 11) is 4.12. The van der Waals surface area contributed by atoms with E-state index in [0.29, 0.717) is 24.3 Å². The van der Waals surface area contributed by atoms with E-state index in [-0.39, 0.29) is 11.9 Å². The molecule has 0 N–H and O–H groups in total. The van der Waals surface area contributed by atoms with Crippen molar-refractivity contribution in [2.24, 2.45) is 0 Å². The number of hydrogen-bond acceptors (Lipinski definition) is 6. The third-order valence-electron chi connectivity index (χ3n) is 6.56. The van der Waals surface area contributed by atoms with Gasteiger partial charge in [-0.25, -0.2) is 9.59 Å². The summed E-state index contributed by atoms with van der Waals surface area (Å²) in [6.07, 6.45) is 15.3. The molecule has 0 aliphatic rings. The second kappa shape index (κ2) is 21.2. The van der Waals surface area contributed by atoms with Gasteiger partial charge in [-0.1, -0.05) is 78.1 Å². The largest absolute Gasteiger partial charge is 0.461 e. The molecule has 0 atom stereocenters. The van der Waals surface area contributed by atoms with E-state index in [2.05, 4.69) is 37.7 Å². The zero-order chi connectivity index (χ0) is 26.4. The fourth-order valence-corrected chi connectivity index (χ4v) is 4.05. The molecule has 0 saturated carbocycles. The van der Waals surface area contributed by atoms with E-state index in [9.17, 15) is 9.59 Å². The molecule has 1 aromatic carbocycles. The number of rotatable bonds is 22. The van der Waals surface area contributed by atoms with Crippen molar-refractivity contribution in [3.63, 3.8) is 0 Å². The Labute approximate surface area is 220 Å². The van der Waals surface area contributed by atoms with Crippen molar-refractivity contribution < 1.29 is 19.1 Å². The molecule has 0 fully saturated rings. The van der Waals surface area contributed by atoms with Crippen molar-refractivity contribution in [2.45, 2.75) is 90.9 Å². The monoisotopic (exact) mass is 504 g/mol. The Balaban J connectivity index is 2.19. The van der Waals surface area contributed by atoms with E-state index >= 15 is 0 Å². The SMILES string of the molecule is CCCCCCCCN(C)CCOC(=O)c1ccc(C(=O)OCCN(C)CCCCCCCC)cc1. The van der Waals surface area contributed by atoms with Crippen molar-refractivity contribution in [1.82, 2.24) is 9.80 Å². The highest BCUT2D eigenvalue weighted by Crippen LogP contribution is 2.09. The first-order valence-corrected chi connectivity index (χ1v) is 14.3. The Kier molecular flexibility index (Phi) is 18.9. The third kappa shape index (κ3) is 15.9. The number of nitrogens with zero attached hydrogens (tertiary/aromatic N) is 2. The molecule has 0 radical (unpaired) electrons. The third-order valence-corrected chi connectivity index (χ3v) is 6.56. The Hall–Kier alpha value is -1.92. The van der Waals surface area contributed by atoms with Crippen LogP contribution in [0, 0.1) is 0 Å². The Morgan fingerprint density at radius 3 is 1.25 bits per heavy atom. The van der Waals surface area contributed by atoms with Gasteiger partial charge in [0.2, 0.25) is 0 Å². The number of hydrogen-bond donors (Lipinski definition) is 0. The molecule has 1 aromatic rings. The maximum Gasteiger partial charge on any atom is 0.338 e. The number of carbonyl (C=O) groups is 2. The number of unbranched alkanes of at least 4 members (excludes halogenated alkanes) is 10. The van der Waals surface area contributed by atoms with Crippen LogP contribution in [-0.4, -0.2) is 75.2 Å². The summed E-state index contributed by atoms with van der Waals surface area (Å²) in [5, 5.41) is 0. The molecule has 0 heterocycles. The lowest BCUT2D eigenvalue weighted by molar-refractivity contribution is 0.0458. The summed E-state index contributed by atoms with van der Waals surface area (Å²) < 4.78 is 10.8. The molecule has 6 nitrogen and oxygen atoms in total. The molecule has 0 spiro atoms. The van der Waals surface area contributed by atoms with Crippen molar-refractivity contribution in [3.05, 3.63) is 35.4 Å². The molecular formula is C30H52N2O4. The fourth-order valence-electron chi connectivity index (χ4n) is 4.05. The van der Waals surface area contributed by atoms with Gasteiger partial charge >= 0.3 is 11.9 Å². The summed E-state index contributed by atoms with van der Waals surface area (Å²) in [6, 6.07) is 6.51. The second-order valence-corrected chi connectivity index (χ2v) is 9.99. The molecule has 0 aliphatic carbocycles. The molecule has 0 aromatic heterocycles. The van der Waals surface area contributed by atoms with Crippen molar-refractivity contribution >= 4 is 11.9 Å². The summed E-state index contributed by atoms with van der Waals surface area (Å²) in [6.45, 7) is 8.68. The van der Waals surface area contributed by atoms with Crippen molar-refractivity contribution in [3.8, 4) is 0 Å². The number of carbonyl (C=O) groups excluding carboxylic acids is 2. The van der Waals surface area contributed by atoms with Crippen LogP contribution < -0.4 is 0 Å². The van der Waals surface area contributed by atoms with E-state index in [1.54, 1.807) is 24.3 Å². The lowest BCUT2D eigenvalue weighted by Crippen LogP contribution is -2.25. The number of esters is 2. The average molecular weight is 505 g/mol. The summed E-state index contributed by atoms with van der Waals surface area (Å²) in [4.78, 5) is 29.0. The predicted octanol–water partition coefficient (Wildman–Crippen LogP) is 6.58. The van der Waals surface area contributed by atoms with Crippen molar-refractivity contribution in [1.29, 1.82) is 0 Å². The van der Waals surface area contributed by atoms with E-state index in [1.165, 1.54) is 77.0 Å². The van der Waals surface area contributed by atoms with E-state index in [0.717, 1.165) is 26.2 Å². The maximum atomic E-state index is 12.3. The predicted molar refractivity (Wildman–Crippen MR) is 149 cm³/mol. The van der Waals surface area contributed by atoms with Gasteiger partial charge < -0.3 is 19.3 Å². The van der Waals surface area contributed by atoms with E-state index in [1.807, 2.05) is 0 Å². The topological polar surface area (TPSA) is 59.1 Å². The first-order chi connectivity index (χ1) is 17.5. The molecule has 0 unspecified atom stereocenters. The molecule has 0 bridgehead atoms. The molecule has 0 aliphatic heterocycles. The molecule has 0 amide bonds. The highest BCUT2D eigenvalue weighted by molar-refractivity contribution is 5.93. The van der Waals surface area contributed by atoms with E-state index in [4.69, 9.17) is 9.47 Å². The maximum absolute atomic E-state index is 12.3. The van der Waals surface area contributed by atoms with E-state index < -0.39 is 0 Å². The lowest BCUT2D eigenvalue weighted by atomic mass is 10.1. The van der Waals surface area contributed by atoms with Crippen LogP contribution in [0.4, 0.5) is 0 Å². The Morgan fingerprint density at radius 1 is 0.556 bits per heavy atom. The molecule has 206 valence electrons. The highest BCUT2D eigenvalue weighted by Gasteiger charge is 2.12. The number of ether oxygens (including phenoxy) is 2. The summed E-state index contributed by atoms with van der Waals surface area (Å²) in [5.41, 5.74) is 0.896. The minimum atomic E-state index is -0.362. The molecule has 36 heavy (non-hydrogen) atoms. The zero-order valence-corrected chi connectivity index (χ0v) is 23.6. The first-order valence-electron chi connectivity index (χ1n) is 14.3. The van der Waals surface area contributed by atoms with Crippen LogP contribution in [0.5, 0.6) is 0 Å². The highest BCUT2D eigenvalue weighted by atomic mass is 16.5. The van der Waals surface area contributed by atoms with Gasteiger partial charge in [0.25, 0.3) is 0 Å². The minimum Gasteiger partial charge on any atom is -0.461 e. The van der Waals surface area contributed by atoms with Crippen LogP contribution in [0.3, 0.4) is 0 Å². The van der Waals surface area contributed by atoms with Crippen LogP contribution in [0.2, 0.25) is 0 Å². The molecule has 1 rings (SSSR count). The smallest absolute Gasteiger partial charge is 0.338 e. The summed E-state index contributed by atoms with van der Waals surface area (Å²) in [5.74, 6) is -0.724. The normalized spacial score (nSPS) is 11.3. The van der Waals surface area contributed by atoms with Crippen LogP contribution in [0.25, 0.3) is 0 Å². The Bertz CT molecular complexity index is 634. The van der Waals surface area contributed by atoms with Crippen LogP contribution >= 0.6 is 0 Å². The second-order valence-electron chi connectivity index (χ2n) is 9.99. The fraction of sp³-hybridized carbons (Fsp3) is 0.733. The molecule has 6 heteroatoms. The zero-order valence-electron chi connectivity index (χ0n) is 23.6. The summed E-state index contributed by atoms with van der Waals surface area (Å²) >= 11 is 0.